The topological polar surface area (TPSA) is 22.0 Å². The molecule has 2 nitrogen and oxygen atoms in total. The van der Waals surface area contributed by atoms with E-state index >= 15 is 0 Å². The first-order valence-corrected chi connectivity index (χ1v) is 9.59. The van der Waals surface area contributed by atoms with Crippen molar-refractivity contribution in [1.82, 2.24) is 4.57 Å². The van der Waals surface area contributed by atoms with Crippen LogP contribution in [0.4, 0.5) is 4.39 Å². The number of para-hydroxylation sites is 1. The van der Waals surface area contributed by atoms with Crippen LogP contribution in [0.25, 0.3) is 10.9 Å². The van der Waals surface area contributed by atoms with Crippen molar-refractivity contribution < 1.29 is 9.18 Å². The highest BCUT2D eigenvalue weighted by Gasteiger charge is 2.16. The summed E-state index contributed by atoms with van der Waals surface area (Å²) in [7, 11) is 0. The summed E-state index contributed by atoms with van der Waals surface area (Å²) in [5.41, 5.74) is 2.30. The molecular weight excluding hydrogens is 325 g/mol. The largest absolute Gasteiger partial charge is 0.347 e. The van der Waals surface area contributed by atoms with E-state index in [2.05, 4.69) is 17.6 Å². The lowest BCUT2D eigenvalue weighted by atomic mass is 10.0. The average Bonchev–Trinajstić information content (AvgIpc) is 3.03. The molecule has 3 aromatic rings. The number of carbonyl (C=O) groups is 1. The van der Waals surface area contributed by atoms with Gasteiger partial charge in [0.05, 0.1) is 0 Å². The molecule has 0 aliphatic carbocycles. The Morgan fingerprint density at radius 3 is 2.38 bits per heavy atom. The second-order valence-electron chi connectivity index (χ2n) is 6.86. The van der Waals surface area contributed by atoms with Gasteiger partial charge >= 0.3 is 0 Å². The maximum Gasteiger partial charge on any atom is 0.195 e. The Morgan fingerprint density at radius 2 is 1.62 bits per heavy atom. The standard InChI is InChI=1S/C23H26FNO/c1-2-3-4-5-6-9-16-25-17-21(20-10-7-8-11-22(20)25)23(26)18-12-14-19(24)15-13-18/h7-8,10-15,17H,2-6,9,16H2,1H3. The summed E-state index contributed by atoms with van der Waals surface area (Å²) in [4.78, 5) is 12.9. The number of nitrogens with zero attached hydrogens (tertiary/aromatic N) is 1. The fourth-order valence-corrected chi connectivity index (χ4v) is 3.43. The third-order valence-corrected chi connectivity index (χ3v) is 4.89. The summed E-state index contributed by atoms with van der Waals surface area (Å²) in [6.07, 6.45) is 9.44. The highest BCUT2D eigenvalue weighted by molar-refractivity contribution is 6.16. The molecule has 136 valence electrons. The predicted octanol–water partition coefficient (Wildman–Crippen LogP) is 6.37. The van der Waals surface area contributed by atoms with Gasteiger partial charge < -0.3 is 4.57 Å². The van der Waals surface area contributed by atoms with Crippen LogP contribution in [0, 0.1) is 5.82 Å². The van der Waals surface area contributed by atoms with Gasteiger partial charge in [0.2, 0.25) is 0 Å². The summed E-state index contributed by atoms with van der Waals surface area (Å²) in [6.45, 7) is 3.15. The summed E-state index contributed by atoms with van der Waals surface area (Å²) in [5, 5.41) is 0.966. The van der Waals surface area contributed by atoms with Gasteiger partial charge in [0.1, 0.15) is 5.82 Å². The van der Waals surface area contributed by atoms with Gasteiger partial charge in [-0.1, -0.05) is 57.2 Å². The maximum absolute atomic E-state index is 13.1. The Labute approximate surface area is 154 Å². The normalized spacial score (nSPS) is 11.2. The van der Waals surface area contributed by atoms with Crippen LogP contribution in [0.2, 0.25) is 0 Å². The number of carbonyl (C=O) groups excluding carboxylic acids is 1. The molecule has 0 saturated carbocycles. The van der Waals surface area contributed by atoms with Crippen LogP contribution in [0.1, 0.15) is 61.4 Å². The van der Waals surface area contributed by atoms with Gasteiger partial charge in [-0.25, -0.2) is 4.39 Å². The quantitative estimate of drug-likeness (QED) is 0.324. The number of halogens is 1. The highest BCUT2D eigenvalue weighted by atomic mass is 19.1. The van der Waals surface area contributed by atoms with E-state index in [0.29, 0.717) is 11.1 Å². The monoisotopic (exact) mass is 351 g/mol. The zero-order valence-corrected chi connectivity index (χ0v) is 15.4. The van der Waals surface area contributed by atoms with E-state index in [1.165, 1.54) is 44.2 Å². The van der Waals surface area contributed by atoms with E-state index < -0.39 is 0 Å². The molecule has 0 spiro atoms. The number of aryl methyl sites for hydroxylation is 1. The first-order chi connectivity index (χ1) is 12.7. The van der Waals surface area contributed by atoms with Crippen molar-refractivity contribution in [2.45, 2.75) is 52.0 Å². The van der Waals surface area contributed by atoms with Crippen LogP contribution in [-0.4, -0.2) is 10.4 Å². The summed E-state index contributed by atoms with van der Waals surface area (Å²) < 4.78 is 15.3. The molecule has 0 N–H and O–H groups in total. The highest BCUT2D eigenvalue weighted by Crippen LogP contribution is 2.24. The molecule has 0 saturated heterocycles. The van der Waals surface area contributed by atoms with Crippen LogP contribution in [0.3, 0.4) is 0 Å². The van der Waals surface area contributed by atoms with Crippen molar-refractivity contribution >= 4 is 16.7 Å². The molecule has 2 aromatic carbocycles. The lowest BCUT2D eigenvalue weighted by molar-refractivity contribution is 0.104. The van der Waals surface area contributed by atoms with Gasteiger partial charge in [0, 0.05) is 34.8 Å². The smallest absolute Gasteiger partial charge is 0.195 e. The number of unbranched alkanes of at least 4 members (excludes halogenated alkanes) is 5. The fraction of sp³-hybridized carbons (Fsp3) is 0.348. The van der Waals surface area contributed by atoms with Crippen molar-refractivity contribution in [1.29, 1.82) is 0 Å². The number of rotatable bonds is 9. The van der Waals surface area contributed by atoms with Crippen LogP contribution in [0.15, 0.2) is 54.7 Å². The van der Waals surface area contributed by atoms with Crippen LogP contribution < -0.4 is 0 Å². The van der Waals surface area contributed by atoms with Crippen LogP contribution in [0.5, 0.6) is 0 Å². The maximum atomic E-state index is 13.1. The van der Waals surface area contributed by atoms with Crippen molar-refractivity contribution in [2.24, 2.45) is 0 Å². The first-order valence-electron chi connectivity index (χ1n) is 9.59. The molecule has 0 aliphatic rings. The van der Waals surface area contributed by atoms with Crippen LogP contribution >= 0.6 is 0 Å². The average molecular weight is 351 g/mol. The minimum absolute atomic E-state index is 0.0529. The molecule has 26 heavy (non-hydrogen) atoms. The Hall–Kier alpha value is -2.42. The molecule has 0 fully saturated rings. The molecule has 0 amide bonds. The fourth-order valence-electron chi connectivity index (χ4n) is 3.43. The molecule has 0 aliphatic heterocycles. The zero-order valence-electron chi connectivity index (χ0n) is 15.4. The third kappa shape index (κ3) is 4.21. The summed E-state index contributed by atoms with van der Waals surface area (Å²) in [6, 6.07) is 13.8. The van der Waals surface area contributed by atoms with Gasteiger partial charge in [-0.05, 0) is 36.8 Å². The second kappa shape index (κ2) is 8.79. The third-order valence-electron chi connectivity index (χ3n) is 4.89. The van der Waals surface area contributed by atoms with Crippen molar-refractivity contribution in [2.75, 3.05) is 0 Å². The Kier molecular flexibility index (Phi) is 6.21. The van der Waals surface area contributed by atoms with Crippen molar-refractivity contribution in [3.8, 4) is 0 Å². The van der Waals surface area contributed by atoms with Gasteiger partial charge in [-0.3, -0.25) is 4.79 Å². The Morgan fingerprint density at radius 1 is 0.923 bits per heavy atom. The van der Waals surface area contributed by atoms with E-state index in [1.807, 2.05) is 24.4 Å². The summed E-state index contributed by atoms with van der Waals surface area (Å²) >= 11 is 0. The molecule has 0 radical (unpaired) electrons. The van der Waals surface area contributed by atoms with Gasteiger partial charge in [-0.15, -0.1) is 0 Å². The minimum Gasteiger partial charge on any atom is -0.347 e. The molecular formula is C23H26FNO. The molecule has 1 aromatic heterocycles. The zero-order chi connectivity index (χ0) is 18.4. The molecule has 3 heteroatoms. The second-order valence-corrected chi connectivity index (χ2v) is 6.86. The van der Waals surface area contributed by atoms with Crippen molar-refractivity contribution in [3.05, 3.63) is 71.7 Å². The lowest BCUT2D eigenvalue weighted by Gasteiger charge is -2.05. The number of aromatic nitrogens is 1. The summed E-state index contributed by atoms with van der Waals surface area (Å²) in [5.74, 6) is -0.380. The molecule has 0 bridgehead atoms. The van der Waals surface area contributed by atoms with E-state index in [9.17, 15) is 9.18 Å². The van der Waals surface area contributed by atoms with E-state index in [4.69, 9.17) is 0 Å². The Balaban J connectivity index is 1.78. The number of hydrogen-bond donors (Lipinski definition) is 0. The molecule has 3 rings (SSSR count). The molecule has 0 atom stereocenters. The molecule has 1 heterocycles. The first kappa shape index (κ1) is 18.4. The van der Waals surface area contributed by atoms with Gasteiger partial charge in [0.15, 0.2) is 5.78 Å². The predicted molar refractivity (Wildman–Crippen MR) is 105 cm³/mol. The van der Waals surface area contributed by atoms with Crippen molar-refractivity contribution in [3.63, 3.8) is 0 Å². The van der Waals surface area contributed by atoms with Gasteiger partial charge in [-0.2, -0.15) is 0 Å². The Bertz CT molecular complexity index is 864. The number of ketones is 1. The van der Waals surface area contributed by atoms with Crippen LogP contribution in [-0.2, 0) is 6.54 Å². The van der Waals surface area contributed by atoms with E-state index in [1.54, 1.807) is 12.1 Å². The van der Waals surface area contributed by atoms with Gasteiger partial charge in [0.25, 0.3) is 0 Å². The number of benzene rings is 2. The molecule has 0 unspecified atom stereocenters. The minimum atomic E-state index is -0.327. The van der Waals surface area contributed by atoms with E-state index in [-0.39, 0.29) is 11.6 Å². The number of hydrogen-bond acceptors (Lipinski definition) is 1. The number of fused-ring (bicyclic) bond motifs is 1. The SMILES string of the molecule is CCCCCCCCn1cc(C(=O)c2ccc(F)cc2)c2ccccc21. The lowest BCUT2D eigenvalue weighted by Crippen LogP contribution is -2.01. The van der Waals surface area contributed by atoms with E-state index in [0.717, 1.165) is 23.9 Å².